The highest BCUT2D eigenvalue weighted by atomic mass is 16.3. The first-order valence-electron chi connectivity index (χ1n) is 7.44. The Balaban J connectivity index is 1.70. The topological polar surface area (TPSA) is 75.4 Å². The Bertz CT molecular complexity index is 448. The Labute approximate surface area is 120 Å². The molecular weight excluding hydrogens is 252 g/mol. The molecule has 0 aromatic heterocycles. The second-order valence-corrected chi connectivity index (χ2v) is 5.66. The molecule has 1 aliphatic rings. The predicted molar refractivity (Wildman–Crippen MR) is 80.1 cm³/mol. The lowest BCUT2D eigenvalue weighted by atomic mass is 9.86. The van der Waals surface area contributed by atoms with Gasteiger partial charge in [-0.3, -0.25) is 4.79 Å². The number of amides is 1. The fourth-order valence-corrected chi connectivity index (χ4v) is 2.77. The highest BCUT2D eigenvalue weighted by Gasteiger charge is 2.23. The van der Waals surface area contributed by atoms with Crippen molar-refractivity contribution in [3.8, 4) is 0 Å². The number of rotatable bonds is 5. The summed E-state index contributed by atoms with van der Waals surface area (Å²) in [7, 11) is 0. The molecule has 2 atom stereocenters. The number of aliphatic hydroxyl groups is 1. The van der Waals surface area contributed by atoms with Crippen LogP contribution in [0.2, 0.25) is 0 Å². The van der Waals surface area contributed by atoms with Crippen LogP contribution in [0.1, 0.15) is 37.7 Å². The summed E-state index contributed by atoms with van der Waals surface area (Å²) < 4.78 is 0. The first kappa shape index (κ1) is 14.9. The fraction of sp³-hybridized carbons (Fsp3) is 0.562. The average molecular weight is 276 g/mol. The highest BCUT2D eigenvalue weighted by Crippen LogP contribution is 2.23. The molecule has 0 aliphatic heterocycles. The lowest BCUT2D eigenvalue weighted by Crippen LogP contribution is -2.36. The lowest BCUT2D eigenvalue weighted by Gasteiger charge is -2.27. The van der Waals surface area contributed by atoms with E-state index in [1.54, 1.807) is 0 Å². The molecule has 1 aromatic rings. The van der Waals surface area contributed by atoms with Gasteiger partial charge in [-0.05, 0) is 37.0 Å². The number of hydrogen-bond donors (Lipinski definition) is 3. The van der Waals surface area contributed by atoms with E-state index >= 15 is 0 Å². The molecule has 2 rings (SSSR count). The van der Waals surface area contributed by atoms with Crippen LogP contribution >= 0.6 is 0 Å². The zero-order chi connectivity index (χ0) is 14.4. The molecule has 0 radical (unpaired) electrons. The number of hydrogen-bond acceptors (Lipinski definition) is 3. The van der Waals surface area contributed by atoms with Crippen LogP contribution in [0.4, 0.5) is 5.69 Å². The Morgan fingerprint density at radius 1 is 1.35 bits per heavy atom. The van der Waals surface area contributed by atoms with E-state index in [-0.39, 0.29) is 17.9 Å². The lowest BCUT2D eigenvalue weighted by molar-refractivity contribution is -0.121. The van der Waals surface area contributed by atoms with Gasteiger partial charge in [0.25, 0.3) is 0 Å². The third-order valence-electron chi connectivity index (χ3n) is 4.02. The van der Waals surface area contributed by atoms with Crippen molar-refractivity contribution in [3.63, 3.8) is 0 Å². The molecule has 2 unspecified atom stereocenters. The molecule has 0 heterocycles. The first-order valence-corrected chi connectivity index (χ1v) is 7.44. The maximum Gasteiger partial charge on any atom is 0.220 e. The number of aliphatic hydroxyl groups excluding tert-OH is 1. The molecule has 1 fully saturated rings. The Morgan fingerprint density at radius 3 is 2.90 bits per heavy atom. The summed E-state index contributed by atoms with van der Waals surface area (Å²) in [6.45, 7) is 0.594. The maximum absolute atomic E-state index is 11.8. The monoisotopic (exact) mass is 276 g/mol. The Morgan fingerprint density at radius 2 is 2.15 bits per heavy atom. The number of carbonyl (C=O) groups excluding carboxylic acids is 1. The molecule has 0 bridgehead atoms. The smallest absolute Gasteiger partial charge is 0.220 e. The van der Waals surface area contributed by atoms with Crippen molar-refractivity contribution in [3.05, 3.63) is 29.8 Å². The van der Waals surface area contributed by atoms with E-state index in [9.17, 15) is 9.90 Å². The molecule has 1 saturated carbocycles. The zero-order valence-electron chi connectivity index (χ0n) is 11.8. The minimum atomic E-state index is -0.252. The molecule has 110 valence electrons. The van der Waals surface area contributed by atoms with Crippen molar-refractivity contribution in [2.24, 2.45) is 5.92 Å². The SMILES string of the molecule is Nc1cccc(CCC(=O)NCC2CCCCC2O)c1. The van der Waals surface area contributed by atoms with Crippen LogP contribution in [-0.4, -0.2) is 23.7 Å². The van der Waals surface area contributed by atoms with Gasteiger partial charge < -0.3 is 16.2 Å². The molecule has 1 aliphatic carbocycles. The molecule has 0 saturated heterocycles. The van der Waals surface area contributed by atoms with Gasteiger partial charge in [-0.25, -0.2) is 0 Å². The van der Waals surface area contributed by atoms with E-state index in [1.807, 2.05) is 24.3 Å². The van der Waals surface area contributed by atoms with Crippen LogP contribution in [-0.2, 0) is 11.2 Å². The van der Waals surface area contributed by atoms with Crippen molar-refractivity contribution < 1.29 is 9.90 Å². The minimum absolute atomic E-state index is 0.0465. The van der Waals surface area contributed by atoms with Gasteiger partial charge in [0.05, 0.1) is 6.10 Å². The third-order valence-corrected chi connectivity index (χ3v) is 4.02. The van der Waals surface area contributed by atoms with Crippen LogP contribution in [0.5, 0.6) is 0 Å². The van der Waals surface area contributed by atoms with Gasteiger partial charge in [-0.15, -0.1) is 0 Å². The summed E-state index contributed by atoms with van der Waals surface area (Å²) in [6.07, 6.45) is 5.04. The molecular formula is C16H24N2O2. The molecule has 20 heavy (non-hydrogen) atoms. The maximum atomic E-state index is 11.8. The summed E-state index contributed by atoms with van der Waals surface area (Å²) in [4.78, 5) is 11.8. The van der Waals surface area contributed by atoms with Gasteiger partial charge in [0.15, 0.2) is 0 Å². The number of nitrogens with two attached hydrogens (primary N) is 1. The number of nitrogen functional groups attached to an aromatic ring is 1. The van der Waals surface area contributed by atoms with Gasteiger partial charge >= 0.3 is 0 Å². The van der Waals surface area contributed by atoms with Gasteiger partial charge in [0.1, 0.15) is 0 Å². The van der Waals surface area contributed by atoms with E-state index in [4.69, 9.17) is 5.73 Å². The number of nitrogens with one attached hydrogen (secondary N) is 1. The molecule has 1 aromatic carbocycles. The van der Waals surface area contributed by atoms with Crippen LogP contribution in [0.15, 0.2) is 24.3 Å². The molecule has 4 N–H and O–H groups in total. The minimum Gasteiger partial charge on any atom is -0.399 e. The normalized spacial score (nSPS) is 22.4. The van der Waals surface area contributed by atoms with Crippen LogP contribution in [0.3, 0.4) is 0 Å². The van der Waals surface area contributed by atoms with E-state index in [1.165, 1.54) is 0 Å². The number of aryl methyl sites for hydroxylation is 1. The third kappa shape index (κ3) is 4.53. The van der Waals surface area contributed by atoms with E-state index in [0.717, 1.165) is 36.9 Å². The second-order valence-electron chi connectivity index (χ2n) is 5.66. The van der Waals surface area contributed by atoms with Crippen molar-refractivity contribution in [2.45, 2.75) is 44.6 Å². The Hall–Kier alpha value is -1.55. The zero-order valence-corrected chi connectivity index (χ0v) is 11.8. The number of carbonyl (C=O) groups is 1. The standard InChI is InChI=1S/C16H24N2O2/c17-14-6-3-4-12(10-14)8-9-16(20)18-11-13-5-1-2-7-15(13)19/h3-4,6,10,13,15,19H,1-2,5,7-9,11,17H2,(H,18,20). The largest absolute Gasteiger partial charge is 0.399 e. The van der Waals surface area contributed by atoms with E-state index in [2.05, 4.69) is 5.32 Å². The van der Waals surface area contributed by atoms with Crippen molar-refractivity contribution in [2.75, 3.05) is 12.3 Å². The quantitative estimate of drug-likeness (QED) is 0.719. The van der Waals surface area contributed by atoms with Crippen molar-refractivity contribution in [1.82, 2.24) is 5.32 Å². The van der Waals surface area contributed by atoms with Crippen LogP contribution in [0, 0.1) is 5.92 Å². The second kappa shape index (κ2) is 7.29. The summed E-state index contributed by atoms with van der Waals surface area (Å²) in [5.41, 5.74) is 7.52. The van der Waals surface area contributed by atoms with Gasteiger partial charge in [0, 0.05) is 24.6 Å². The summed E-state index contributed by atoms with van der Waals surface area (Å²) in [5, 5.41) is 12.8. The van der Waals surface area contributed by atoms with Crippen molar-refractivity contribution >= 4 is 11.6 Å². The van der Waals surface area contributed by atoms with Gasteiger partial charge in [-0.1, -0.05) is 25.0 Å². The number of benzene rings is 1. The predicted octanol–water partition coefficient (Wildman–Crippen LogP) is 1.87. The molecule has 4 heteroatoms. The van der Waals surface area contributed by atoms with Gasteiger partial charge in [-0.2, -0.15) is 0 Å². The molecule has 1 amide bonds. The average Bonchev–Trinajstić information content (AvgIpc) is 2.44. The summed E-state index contributed by atoms with van der Waals surface area (Å²) in [5.74, 6) is 0.269. The van der Waals surface area contributed by atoms with Crippen molar-refractivity contribution in [1.29, 1.82) is 0 Å². The van der Waals surface area contributed by atoms with Gasteiger partial charge in [0.2, 0.25) is 5.91 Å². The molecule has 4 nitrogen and oxygen atoms in total. The van der Waals surface area contributed by atoms with Crippen LogP contribution in [0.25, 0.3) is 0 Å². The highest BCUT2D eigenvalue weighted by molar-refractivity contribution is 5.76. The summed E-state index contributed by atoms with van der Waals surface area (Å²) in [6, 6.07) is 7.63. The van der Waals surface area contributed by atoms with E-state index in [0.29, 0.717) is 19.4 Å². The summed E-state index contributed by atoms with van der Waals surface area (Å²) >= 11 is 0. The Kier molecular flexibility index (Phi) is 5.41. The fourth-order valence-electron chi connectivity index (χ4n) is 2.77. The van der Waals surface area contributed by atoms with Crippen LogP contribution < -0.4 is 11.1 Å². The van der Waals surface area contributed by atoms with E-state index < -0.39 is 0 Å². The first-order chi connectivity index (χ1) is 9.65. The molecule has 0 spiro atoms. The number of anilines is 1.